The summed E-state index contributed by atoms with van der Waals surface area (Å²) in [5, 5.41) is 0. The minimum atomic E-state index is 0.151. The molecule has 2 N–H and O–H groups in total. The summed E-state index contributed by atoms with van der Waals surface area (Å²) in [6, 6.07) is 4.13. The van der Waals surface area contributed by atoms with Gasteiger partial charge in [-0.15, -0.1) is 0 Å². The number of rotatable bonds is 2. The van der Waals surface area contributed by atoms with E-state index in [1.54, 1.807) is 6.20 Å². The van der Waals surface area contributed by atoms with Gasteiger partial charge in [-0.05, 0) is 46.8 Å². The van der Waals surface area contributed by atoms with E-state index in [1.807, 2.05) is 12.1 Å². The van der Waals surface area contributed by atoms with Crippen molar-refractivity contribution in [1.82, 2.24) is 4.98 Å². The molecule has 1 aliphatic rings. The average Bonchev–Trinajstić information content (AvgIpc) is 2.87. The van der Waals surface area contributed by atoms with Crippen LogP contribution < -0.4 is 5.73 Å². The van der Waals surface area contributed by atoms with Crippen LogP contribution in [0.2, 0.25) is 0 Å². The number of pyridine rings is 1. The highest BCUT2D eigenvalue weighted by Crippen LogP contribution is 2.38. The number of nitrogens with zero attached hydrogens (tertiary/aromatic N) is 1. The Hall–Kier alpha value is -0.410. The second-order valence-corrected chi connectivity index (χ2v) is 4.18. The van der Waals surface area contributed by atoms with E-state index in [1.165, 1.54) is 12.8 Å². The second kappa shape index (κ2) is 3.15. The molecule has 1 aromatic heterocycles. The third-order valence-electron chi connectivity index (χ3n) is 2.22. The Kier molecular flexibility index (Phi) is 2.15. The van der Waals surface area contributed by atoms with E-state index < -0.39 is 0 Å². The summed E-state index contributed by atoms with van der Waals surface area (Å²) in [5.41, 5.74) is 6.99. The van der Waals surface area contributed by atoms with E-state index in [9.17, 15) is 0 Å². The molecular weight excluding hydrogens is 216 g/mol. The Morgan fingerprint density at radius 1 is 1.50 bits per heavy atom. The van der Waals surface area contributed by atoms with E-state index in [0.29, 0.717) is 5.92 Å². The molecule has 1 unspecified atom stereocenters. The maximum absolute atomic E-state index is 5.97. The van der Waals surface area contributed by atoms with Gasteiger partial charge in [0.05, 0.1) is 5.69 Å². The fourth-order valence-corrected chi connectivity index (χ4v) is 1.52. The van der Waals surface area contributed by atoms with Crippen molar-refractivity contribution < 1.29 is 0 Å². The number of aromatic nitrogens is 1. The Balaban J connectivity index is 2.16. The summed E-state index contributed by atoms with van der Waals surface area (Å²) in [5.74, 6) is 0.679. The summed E-state index contributed by atoms with van der Waals surface area (Å²) in [4.78, 5) is 4.27. The SMILES string of the molecule is NC(c1ccc(Br)cn1)C1CC1. The van der Waals surface area contributed by atoms with Crippen molar-refractivity contribution in [3.05, 3.63) is 28.5 Å². The maximum Gasteiger partial charge on any atom is 0.0574 e. The molecule has 2 nitrogen and oxygen atoms in total. The Bertz CT molecular complexity index is 266. The normalized spacial score (nSPS) is 19.2. The topological polar surface area (TPSA) is 38.9 Å². The van der Waals surface area contributed by atoms with Crippen molar-refractivity contribution in [3.8, 4) is 0 Å². The zero-order valence-electron chi connectivity index (χ0n) is 6.70. The first-order valence-corrected chi connectivity index (χ1v) is 4.93. The first kappa shape index (κ1) is 8.20. The van der Waals surface area contributed by atoms with Crippen molar-refractivity contribution in [2.24, 2.45) is 11.7 Å². The molecule has 3 heteroatoms. The lowest BCUT2D eigenvalue weighted by molar-refractivity contribution is 0.614. The van der Waals surface area contributed by atoms with Gasteiger partial charge in [0.15, 0.2) is 0 Å². The van der Waals surface area contributed by atoms with E-state index >= 15 is 0 Å². The monoisotopic (exact) mass is 226 g/mol. The van der Waals surface area contributed by atoms with Crippen molar-refractivity contribution in [1.29, 1.82) is 0 Å². The van der Waals surface area contributed by atoms with E-state index in [2.05, 4.69) is 20.9 Å². The van der Waals surface area contributed by atoms with Gasteiger partial charge < -0.3 is 5.73 Å². The van der Waals surface area contributed by atoms with Crippen LogP contribution in [0.4, 0.5) is 0 Å². The van der Waals surface area contributed by atoms with Crippen molar-refractivity contribution in [3.63, 3.8) is 0 Å². The molecule has 0 radical (unpaired) electrons. The minimum Gasteiger partial charge on any atom is -0.322 e. The highest BCUT2D eigenvalue weighted by atomic mass is 79.9. The van der Waals surface area contributed by atoms with Crippen molar-refractivity contribution in [2.45, 2.75) is 18.9 Å². The second-order valence-electron chi connectivity index (χ2n) is 3.26. The number of hydrogen-bond donors (Lipinski definition) is 1. The highest BCUT2D eigenvalue weighted by Gasteiger charge is 2.30. The summed E-state index contributed by atoms with van der Waals surface area (Å²) in [7, 11) is 0. The lowest BCUT2D eigenvalue weighted by Gasteiger charge is -2.08. The van der Waals surface area contributed by atoms with Crippen LogP contribution in [0.25, 0.3) is 0 Å². The molecule has 12 heavy (non-hydrogen) atoms. The number of nitrogens with two attached hydrogens (primary N) is 1. The van der Waals surface area contributed by atoms with Gasteiger partial charge in [-0.2, -0.15) is 0 Å². The zero-order valence-corrected chi connectivity index (χ0v) is 8.29. The molecule has 0 aliphatic heterocycles. The molecule has 1 heterocycles. The van der Waals surface area contributed by atoms with Gasteiger partial charge in [0.25, 0.3) is 0 Å². The van der Waals surface area contributed by atoms with Crippen LogP contribution in [0.15, 0.2) is 22.8 Å². The van der Waals surface area contributed by atoms with Crippen molar-refractivity contribution >= 4 is 15.9 Å². The van der Waals surface area contributed by atoms with Gasteiger partial charge in [-0.25, -0.2) is 0 Å². The van der Waals surface area contributed by atoms with Crippen LogP contribution in [0.3, 0.4) is 0 Å². The summed E-state index contributed by atoms with van der Waals surface area (Å²) in [6.07, 6.45) is 4.33. The van der Waals surface area contributed by atoms with Gasteiger partial charge in [-0.3, -0.25) is 4.98 Å². The molecule has 0 spiro atoms. The Morgan fingerprint density at radius 2 is 2.25 bits per heavy atom. The smallest absolute Gasteiger partial charge is 0.0574 e. The average molecular weight is 227 g/mol. The van der Waals surface area contributed by atoms with Crippen LogP contribution in [0.1, 0.15) is 24.6 Å². The molecule has 0 amide bonds. The standard InChI is InChI=1S/C9H11BrN2/c10-7-3-4-8(12-5-7)9(11)6-1-2-6/h3-6,9H,1-2,11H2. The largest absolute Gasteiger partial charge is 0.322 e. The lowest BCUT2D eigenvalue weighted by atomic mass is 10.1. The first-order valence-electron chi connectivity index (χ1n) is 4.14. The highest BCUT2D eigenvalue weighted by molar-refractivity contribution is 9.10. The minimum absolute atomic E-state index is 0.151. The third-order valence-corrected chi connectivity index (χ3v) is 2.69. The molecule has 1 fully saturated rings. The first-order chi connectivity index (χ1) is 5.77. The Labute approximate surface area is 80.3 Å². The van der Waals surface area contributed by atoms with Gasteiger partial charge in [0.1, 0.15) is 0 Å². The molecule has 0 saturated heterocycles. The predicted octanol–water partition coefficient (Wildman–Crippen LogP) is 2.25. The van der Waals surface area contributed by atoms with Crippen LogP contribution in [0.5, 0.6) is 0 Å². The van der Waals surface area contributed by atoms with Gasteiger partial charge in [0.2, 0.25) is 0 Å². The molecule has 1 aromatic rings. The van der Waals surface area contributed by atoms with Crippen LogP contribution >= 0.6 is 15.9 Å². The summed E-state index contributed by atoms with van der Waals surface area (Å²) < 4.78 is 1.01. The molecule has 0 bridgehead atoms. The molecule has 0 aromatic carbocycles. The molecule has 64 valence electrons. The number of hydrogen-bond acceptors (Lipinski definition) is 2. The lowest BCUT2D eigenvalue weighted by Crippen LogP contribution is -2.13. The van der Waals surface area contributed by atoms with E-state index in [-0.39, 0.29) is 6.04 Å². The van der Waals surface area contributed by atoms with Crippen LogP contribution in [-0.2, 0) is 0 Å². The number of halogens is 1. The Morgan fingerprint density at radius 3 is 2.75 bits per heavy atom. The van der Waals surface area contributed by atoms with Gasteiger partial charge >= 0.3 is 0 Å². The maximum atomic E-state index is 5.97. The molecule has 1 aliphatic carbocycles. The third kappa shape index (κ3) is 1.67. The molecular formula is C9H11BrN2. The van der Waals surface area contributed by atoms with E-state index in [0.717, 1.165) is 10.2 Å². The fraction of sp³-hybridized carbons (Fsp3) is 0.444. The summed E-state index contributed by atoms with van der Waals surface area (Å²) >= 11 is 3.34. The van der Waals surface area contributed by atoms with Crippen LogP contribution in [-0.4, -0.2) is 4.98 Å². The van der Waals surface area contributed by atoms with E-state index in [4.69, 9.17) is 5.73 Å². The molecule has 1 saturated carbocycles. The summed E-state index contributed by atoms with van der Waals surface area (Å²) in [6.45, 7) is 0. The zero-order chi connectivity index (χ0) is 8.55. The predicted molar refractivity (Wildman–Crippen MR) is 51.6 cm³/mol. The van der Waals surface area contributed by atoms with Crippen molar-refractivity contribution in [2.75, 3.05) is 0 Å². The van der Waals surface area contributed by atoms with Gasteiger partial charge in [0, 0.05) is 16.7 Å². The quantitative estimate of drug-likeness (QED) is 0.841. The van der Waals surface area contributed by atoms with Crippen LogP contribution in [0, 0.1) is 5.92 Å². The molecule has 1 atom stereocenters. The molecule has 2 rings (SSSR count). The van der Waals surface area contributed by atoms with Gasteiger partial charge in [-0.1, -0.05) is 0 Å². The fourth-order valence-electron chi connectivity index (χ4n) is 1.28.